The minimum absolute atomic E-state index is 0.0842. The third-order valence-corrected chi connectivity index (χ3v) is 7.95. The summed E-state index contributed by atoms with van der Waals surface area (Å²) in [6, 6.07) is 11.5. The Morgan fingerprint density at radius 2 is 1.85 bits per heavy atom. The molecule has 1 aliphatic carbocycles. The molecule has 2 aliphatic rings. The first-order valence-corrected chi connectivity index (χ1v) is 14.2. The Labute approximate surface area is 238 Å². The second kappa shape index (κ2) is 13.3. The second-order valence-corrected chi connectivity index (χ2v) is 10.3. The Bertz CT molecular complexity index is 1440. The van der Waals surface area contributed by atoms with E-state index in [0.717, 1.165) is 43.4 Å². The molecule has 1 atom stereocenters. The van der Waals surface area contributed by atoms with Gasteiger partial charge in [-0.3, -0.25) is 0 Å². The van der Waals surface area contributed by atoms with Gasteiger partial charge in [-0.1, -0.05) is 30.7 Å². The quantitative estimate of drug-likeness (QED) is 0.344. The summed E-state index contributed by atoms with van der Waals surface area (Å²) >= 11 is 1.29. The predicted molar refractivity (Wildman–Crippen MR) is 149 cm³/mol. The minimum Gasteiger partial charge on any atom is -0.493 e. The number of rotatable bonds is 8. The smallest absolute Gasteiger partial charge is 0.338 e. The summed E-state index contributed by atoms with van der Waals surface area (Å²) in [6.45, 7) is 1.84. The van der Waals surface area contributed by atoms with Crippen LogP contribution in [0.2, 0.25) is 0 Å². The zero-order valence-corrected chi connectivity index (χ0v) is 23.7. The number of fused-ring (bicyclic) bond motifs is 1. The van der Waals surface area contributed by atoms with Crippen LogP contribution in [0.3, 0.4) is 0 Å². The summed E-state index contributed by atoms with van der Waals surface area (Å²) in [5.74, 6) is -0.241. The number of hydrogen-bond donors (Lipinski definition) is 1. The molecule has 0 saturated carbocycles. The van der Waals surface area contributed by atoms with Crippen LogP contribution in [0.25, 0.3) is 0 Å². The molecule has 1 aromatic heterocycles. The van der Waals surface area contributed by atoms with Crippen LogP contribution in [0, 0.1) is 22.7 Å². The molecule has 0 bridgehead atoms. The van der Waals surface area contributed by atoms with Crippen molar-refractivity contribution >= 4 is 17.7 Å². The number of ether oxygens (including phenoxy) is 4. The second-order valence-electron chi connectivity index (χ2n) is 9.36. The lowest BCUT2D eigenvalue weighted by atomic mass is 9.83. The number of carbonyl (C=O) groups excluding carboxylic acids is 1. The average molecular weight is 561 g/mol. The van der Waals surface area contributed by atoms with Crippen LogP contribution in [-0.4, -0.2) is 37.5 Å². The summed E-state index contributed by atoms with van der Waals surface area (Å²) in [6.07, 6.45) is 6.26. The van der Waals surface area contributed by atoms with E-state index in [9.17, 15) is 15.3 Å². The molecule has 1 aromatic carbocycles. The molecule has 0 radical (unpaired) electrons. The molecule has 40 heavy (non-hydrogen) atoms. The number of nitrogens with two attached hydrogens (primary N) is 1. The minimum atomic E-state index is -0.854. The van der Waals surface area contributed by atoms with Crippen molar-refractivity contribution in [2.24, 2.45) is 5.73 Å². The number of nitriles is 2. The molecule has 0 saturated heterocycles. The van der Waals surface area contributed by atoms with E-state index in [2.05, 4.69) is 12.1 Å². The van der Waals surface area contributed by atoms with E-state index in [4.69, 9.17) is 29.7 Å². The highest BCUT2D eigenvalue weighted by Gasteiger charge is 2.38. The van der Waals surface area contributed by atoms with Crippen molar-refractivity contribution in [3.63, 3.8) is 0 Å². The van der Waals surface area contributed by atoms with Crippen LogP contribution in [0.1, 0.15) is 60.9 Å². The lowest BCUT2D eigenvalue weighted by Gasteiger charge is -2.28. The zero-order valence-electron chi connectivity index (χ0n) is 22.9. The fourth-order valence-electron chi connectivity index (χ4n) is 5.02. The van der Waals surface area contributed by atoms with Gasteiger partial charge in [-0.15, -0.1) is 0 Å². The highest BCUT2D eigenvalue weighted by molar-refractivity contribution is 7.99. The average Bonchev–Trinajstić information content (AvgIpc) is 2.95. The monoisotopic (exact) mass is 560 g/mol. The molecule has 2 heterocycles. The standard InChI is InChI=1S/C30H32N4O5S/c1-4-38-30(35)27-25(17-40-29-20(15-31)13-18-9-7-5-6-8-10-22(18)34-29)39-28(33)21(16-32)26(27)19-11-12-23(36-2)24(14-19)37-3/h11-14,26H,4-10,17,33H2,1-3H3/t26-/m0/s1. The molecule has 9 nitrogen and oxygen atoms in total. The van der Waals surface area contributed by atoms with Gasteiger partial charge in [0.1, 0.15) is 28.5 Å². The number of thioether (sulfide) groups is 1. The molecular formula is C30H32N4O5S. The largest absolute Gasteiger partial charge is 0.493 e. The van der Waals surface area contributed by atoms with Crippen molar-refractivity contribution in [1.29, 1.82) is 10.5 Å². The maximum Gasteiger partial charge on any atom is 0.338 e. The van der Waals surface area contributed by atoms with Gasteiger partial charge >= 0.3 is 5.97 Å². The van der Waals surface area contributed by atoms with Crippen molar-refractivity contribution in [3.8, 4) is 23.6 Å². The van der Waals surface area contributed by atoms with Crippen LogP contribution in [-0.2, 0) is 27.1 Å². The summed E-state index contributed by atoms with van der Waals surface area (Å²) in [5.41, 5.74) is 9.69. The molecule has 0 unspecified atom stereocenters. The topological polar surface area (TPSA) is 140 Å². The Hall–Kier alpha value is -4.15. The Morgan fingerprint density at radius 1 is 1.10 bits per heavy atom. The van der Waals surface area contributed by atoms with Gasteiger partial charge in [0.15, 0.2) is 11.5 Å². The van der Waals surface area contributed by atoms with Gasteiger partial charge in [0.25, 0.3) is 0 Å². The molecule has 0 amide bonds. The molecule has 2 N–H and O–H groups in total. The van der Waals surface area contributed by atoms with Crippen molar-refractivity contribution in [2.75, 3.05) is 26.6 Å². The SMILES string of the molecule is CCOC(=O)C1=C(CSc2nc3c(cc2C#N)CCCCCC3)OC(N)=C(C#N)[C@@H]1c1ccc(OC)c(OC)c1. The molecule has 208 valence electrons. The van der Waals surface area contributed by atoms with Crippen LogP contribution >= 0.6 is 11.8 Å². The van der Waals surface area contributed by atoms with Crippen molar-refractivity contribution in [2.45, 2.75) is 56.4 Å². The van der Waals surface area contributed by atoms with E-state index in [1.165, 1.54) is 32.4 Å². The Balaban J connectivity index is 1.78. The highest BCUT2D eigenvalue weighted by Crippen LogP contribution is 2.43. The maximum atomic E-state index is 13.4. The van der Waals surface area contributed by atoms with E-state index in [-0.39, 0.29) is 35.1 Å². The third-order valence-electron chi connectivity index (χ3n) is 6.96. The van der Waals surface area contributed by atoms with Crippen LogP contribution in [0.4, 0.5) is 0 Å². The number of aryl methyl sites for hydroxylation is 2. The first-order chi connectivity index (χ1) is 19.4. The number of benzene rings is 1. The predicted octanol–water partition coefficient (Wildman–Crippen LogP) is 5.05. The summed E-state index contributed by atoms with van der Waals surface area (Å²) in [7, 11) is 3.03. The lowest BCUT2D eigenvalue weighted by Crippen LogP contribution is -2.27. The van der Waals surface area contributed by atoms with Crippen LogP contribution in [0.5, 0.6) is 11.5 Å². The zero-order chi connectivity index (χ0) is 28.6. The number of aromatic nitrogens is 1. The normalized spacial score (nSPS) is 17.0. The first-order valence-electron chi connectivity index (χ1n) is 13.2. The number of esters is 1. The van der Waals surface area contributed by atoms with Crippen molar-refractivity contribution < 1.29 is 23.7 Å². The number of methoxy groups -OCH3 is 2. The fraction of sp³-hybridized carbons (Fsp3) is 0.400. The molecule has 0 fully saturated rings. The Kier molecular flexibility index (Phi) is 9.57. The van der Waals surface area contributed by atoms with E-state index in [1.54, 1.807) is 25.1 Å². The third kappa shape index (κ3) is 6.03. The van der Waals surface area contributed by atoms with Crippen molar-refractivity contribution in [1.82, 2.24) is 4.98 Å². The summed E-state index contributed by atoms with van der Waals surface area (Å²) in [5, 5.41) is 20.5. The highest BCUT2D eigenvalue weighted by atomic mass is 32.2. The van der Waals surface area contributed by atoms with E-state index in [1.807, 2.05) is 6.07 Å². The molecule has 1 aliphatic heterocycles. The molecule has 4 rings (SSSR count). The number of allylic oxidation sites excluding steroid dienone is 1. The number of hydrogen-bond acceptors (Lipinski definition) is 10. The molecule has 10 heteroatoms. The summed E-state index contributed by atoms with van der Waals surface area (Å²) in [4.78, 5) is 18.2. The van der Waals surface area contributed by atoms with Crippen LogP contribution in [0.15, 0.2) is 52.1 Å². The van der Waals surface area contributed by atoms with Gasteiger partial charge in [-0.25, -0.2) is 9.78 Å². The number of carbonyl (C=O) groups is 1. The molecular weight excluding hydrogens is 528 g/mol. The Morgan fingerprint density at radius 3 is 2.52 bits per heavy atom. The van der Waals surface area contributed by atoms with Crippen molar-refractivity contribution in [3.05, 3.63) is 69.4 Å². The molecule has 0 spiro atoms. The van der Waals surface area contributed by atoms with Gasteiger partial charge in [0.2, 0.25) is 5.88 Å². The van der Waals surface area contributed by atoms with Gasteiger partial charge < -0.3 is 24.7 Å². The number of pyridine rings is 1. The fourth-order valence-corrected chi connectivity index (χ4v) is 5.93. The van der Waals surface area contributed by atoms with E-state index < -0.39 is 11.9 Å². The molecule has 2 aromatic rings. The summed E-state index contributed by atoms with van der Waals surface area (Å²) < 4.78 is 22.1. The van der Waals surface area contributed by atoms with Gasteiger partial charge in [-0.2, -0.15) is 10.5 Å². The van der Waals surface area contributed by atoms with E-state index >= 15 is 0 Å². The first kappa shape index (κ1) is 28.8. The number of nitrogens with zero attached hydrogens (tertiary/aromatic N) is 3. The maximum absolute atomic E-state index is 13.4. The van der Waals surface area contributed by atoms with Gasteiger partial charge in [-0.05, 0) is 61.9 Å². The lowest BCUT2D eigenvalue weighted by molar-refractivity contribution is -0.139. The van der Waals surface area contributed by atoms with Gasteiger partial charge in [0, 0.05) is 5.69 Å². The van der Waals surface area contributed by atoms with E-state index in [0.29, 0.717) is 27.7 Å². The van der Waals surface area contributed by atoms with Crippen LogP contribution < -0.4 is 15.2 Å². The van der Waals surface area contributed by atoms with Gasteiger partial charge in [0.05, 0.1) is 43.6 Å².